The molecule has 0 unspecified atom stereocenters. The zero-order chi connectivity index (χ0) is 15.1. The van der Waals surface area contributed by atoms with Crippen LogP contribution >= 0.6 is 11.3 Å². The number of hydrogen-bond donors (Lipinski definition) is 0. The highest BCUT2D eigenvalue weighted by Crippen LogP contribution is 2.35. The molecule has 2 aromatic rings. The standard InChI is InChI=1S/C16H18N4OS/c1-11-18-13(10-22-11)8-20-7-12-6-19(9-15(12)16(20)21)14-3-2-4-17-5-14/h2-5,10,12,15H,6-9H2,1H3/t12-,15-/m0/s1. The van der Waals surface area contributed by atoms with Crippen LogP contribution in [0.5, 0.6) is 0 Å². The maximum Gasteiger partial charge on any atom is 0.228 e. The number of rotatable bonds is 3. The fourth-order valence-corrected chi connectivity index (χ4v) is 4.12. The van der Waals surface area contributed by atoms with Crippen LogP contribution < -0.4 is 4.90 Å². The normalized spacial score (nSPS) is 24.1. The van der Waals surface area contributed by atoms with Gasteiger partial charge in [0.25, 0.3) is 0 Å². The predicted molar refractivity (Wildman–Crippen MR) is 85.7 cm³/mol. The van der Waals surface area contributed by atoms with Gasteiger partial charge in [0.05, 0.1) is 35.0 Å². The van der Waals surface area contributed by atoms with Crippen LogP contribution in [-0.2, 0) is 11.3 Å². The topological polar surface area (TPSA) is 49.3 Å². The molecule has 0 aromatic carbocycles. The number of likely N-dealkylation sites (tertiary alicyclic amines) is 1. The van der Waals surface area contributed by atoms with Crippen LogP contribution in [0.15, 0.2) is 29.9 Å². The van der Waals surface area contributed by atoms with Crippen LogP contribution in [0.2, 0.25) is 0 Å². The van der Waals surface area contributed by atoms with Crippen molar-refractivity contribution in [3.8, 4) is 0 Å². The van der Waals surface area contributed by atoms with E-state index in [0.717, 1.165) is 36.0 Å². The fourth-order valence-electron chi connectivity index (χ4n) is 3.51. The third-order valence-electron chi connectivity index (χ3n) is 4.56. The lowest BCUT2D eigenvalue weighted by atomic mass is 10.0. The van der Waals surface area contributed by atoms with Crippen molar-refractivity contribution in [2.75, 3.05) is 24.5 Å². The van der Waals surface area contributed by atoms with Crippen molar-refractivity contribution in [3.05, 3.63) is 40.6 Å². The van der Waals surface area contributed by atoms with Crippen LogP contribution in [0.4, 0.5) is 5.69 Å². The second-order valence-corrected chi connectivity index (χ2v) is 7.12. The smallest absolute Gasteiger partial charge is 0.228 e. The van der Waals surface area contributed by atoms with E-state index in [2.05, 4.69) is 26.3 Å². The number of pyridine rings is 1. The van der Waals surface area contributed by atoms with E-state index in [1.807, 2.05) is 24.1 Å². The number of aromatic nitrogens is 2. The van der Waals surface area contributed by atoms with Crippen molar-refractivity contribution in [2.24, 2.45) is 11.8 Å². The van der Waals surface area contributed by atoms with Crippen molar-refractivity contribution in [2.45, 2.75) is 13.5 Å². The van der Waals surface area contributed by atoms with Gasteiger partial charge in [0.1, 0.15) is 0 Å². The van der Waals surface area contributed by atoms with E-state index < -0.39 is 0 Å². The molecular weight excluding hydrogens is 296 g/mol. The Balaban J connectivity index is 1.44. The van der Waals surface area contributed by atoms with Gasteiger partial charge in [-0.25, -0.2) is 4.98 Å². The van der Waals surface area contributed by atoms with E-state index >= 15 is 0 Å². The molecule has 0 aliphatic carbocycles. The second-order valence-electron chi connectivity index (χ2n) is 6.06. The SMILES string of the molecule is Cc1nc(CN2C[C@@H]3CN(c4cccnc4)C[C@@H]3C2=O)cs1. The first-order valence-electron chi connectivity index (χ1n) is 7.55. The van der Waals surface area contributed by atoms with Gasteiger partial charge in [0, 0.05) is 37.1 Å². The van der Waals surface area contributed by atoms with Crippen LogP contribution in [0.1, 0.15) is 10.7 Å². The van der Waals surface area contributed by atoms with Gasteiger partial charge in [0.15, 0.2) is 0 Å². The largest absolute Gasteiger partial charge is 0.369 e. The monoisotopic (exact) mass is 314 g/mol. The number of carbonyl (C=O) groups excluding carboxylic acids is 1. The minimum absolute atomic E-state index is 0.125. The molecule has 2 aliphatic heterocycles. The minimum Gasteiger partial charge on any atom is -0.369 e. The number of hydrogen-bond acceptors (Lipinski definition) is 5. The Hall–Kier alpha value is -1.95. The van der Waals surface area contributed by atoms with Crippen LogP contribution in [0, 0.1) is 18.8 Å². The maximum atomic E-state index is 12.6. The molecule has 2 saturated heterocycles. The number of anilines is 1. The Bertz CT molecular complexity index is 686. The maximum absolute atomic E-state index is 12.6. The average molecular weight is 314 g/mol. The zero-order valence-corrected chi connectivity index (χ0v) is 13.3. The Morgan fingerprint density at radius 3 is 2.95 bits per heavy atom. The summed E-state index contributed by atoms with van der Waals surface area (Å²) in [4.78, 5) is 25.5. The van der Waals surface area contributed by atoms with Gasteiger partial charge in [-0.1, -0.05) is 0 Å². The lowest BCUT2D eigenvalue weighted by molar-refractivity contribution is -0.131. The highest BCUT2D eigenvalue weighted by molar-refractivity contribution is 7.09. The molecule has 5 nitrogen and oxygen atoms in total. The van der Waals surface area contributed by atoms with Gasteiger partial charge in [0.2, 0.25) is 5.91 Å². The van der Waals surface area contributed by atoms with Crippen molar-refractivity contribution in [1.82, 2.24) is 14.9 Å². The number of nitrogens with zero attached hydrogens (tertiary/aromatic N) is 4. The summed E-state index contributed by atoms with van der Waals surface area (Å²) in [7, 11) is 0. The van der Waals surface area contributed by atoms with E-state index in [0.29, 0.717) is 12.5 Å². The van der Waals surface area contributed by atoms with Gasteiger partial charge in [-0.2, -0.15) is 0 Å². The summed E-state index contributed by atoms with van der Waals surface area (Å²) in [6.07, 6.45) is 3.66. The molecule has 2 atom stereocenters. The first-order valence-corrected chi connectivity index (χ1v) is 8.43. The average Bonchev–Trinajstić information content (AvgIpc) is 3.19. The molecule has 2 fully saturated rings. The fraction of sp³-hybridized carbons (Fsp3) is 0.438. The molecule has 0 bridgehead atoms. The van der Waals surface area contributed by atoms with Gasteiger partial charge >= 0.3 is 0 Å². The Kier molecular flexibility index (Phi) is 3.33. The summed E-state index contributed by atoms with van der Waals surface area (Å²) >= 11 is 1.64. The number of fused-ring (bicyclic) bond motifs is 1. The quantitative estimate of drug-likeness (QED) is 0.869. The van der Waals surface area contributed by atoms with Crippen molar-refractivity contribution < 1.29 is 4.79 Å². The zero-order valence-electron chi connectivity index (χ0n) is 12.5. The summed E-state index contributed by atoms with van der Waals surface area (Å²) in [6.45, 7) is 5.25. The van der Waals surface area contributed by atoms with E-state index in [1.54, 1.807) is 17.5 Å². The Morgan fingerprint density at radius 2 is 2.27 bits per heavy atom. The highest BCUT2D eigenvalue weighted by Gasteiger charge is 2.46. The minimum atomic E-state index is 0.125. The molecule has 1 amide bonds. The number of thiazole rings is 1. The first kappa shape index (κ1) is 13.7. The van der Waals surface area contributed by atoms with E-state index in [1.165, 1.54) is 0 Å². The Morgan fingerprint density at radius 1 is 1.36 bits per heavy atom. The van der Waals surface area contributed by atoms with Crippen molar-refractivity contribution in [3.63, 3.8) is 0 Å². The van der Waals surface area contributed by atoms with E-state index in [4.69, 9.17) is 0 Å². The molecular formula is C16H18N4OS. The van der Waals surface area contributed by atoms with Crippen molar-refractivity contribution >= 4 is 22.9 Å². The van der Waals surface area contributed by atoms with Crippen LogP contribution in [0.25, 0.3) is 0 Å². The molecule has 0 saturated carbocycles. The molecule has 0 radical (unpaired) electrons. The summed E-state index contributed by atoms with van der Waals surface area (Å²) in [5.41, 5.74) is 2.13. The third-order valence-corrected chi connectivity index (χ3v) is 5.38. The lowest BCUT2D eigenvalue weighted by Gasteiger charge is -2.22. The molecule has 2 aliphatic rings. The van der Waals surface area contributed by atoms with Crippen LogP contribution in [-0.4, -0.2) is 40.4 Å². The molecule has 114 valence electrons. The molecule has 22 heavy (non-hydrogen) atoms. The van der Waals surface area contributed by atoms with Gasteiger partial charge in [-0.05, 0) is 19.1 Å². The van der Waals surface area contributed by atoms with Gasteiger partial charge in [-0.15, -0.1) is 11.3 Å². The Labute approximate surface area is 133 Å². The summed E-state index contributed by atoms with van der Waals surface area (Å²) in [5, 5.41) is 3.11. The number of carbonyl (C=O) groups is 1. The van der Waals surface area contributed by atoms with Gasteiger partial charge < -0.3 is 9.80 Å². The number of amides is 1. The van der Waals surface area contributed by atoms with Gasteiger partial charge in [-0.3, -0.25) is 9.78 Å². The third kappa shape index (κ3) is 2.37. The summed E-state index contributed by atoms with van der Waals surface area (Å²) < 4.78 is 0. The molecule has 4 heterocycles. The summed E-state index contributed by atoms with van der Waals surface area (Å²) in [6, 6.07) is 4.01. The number of aryl methyl sites for hydroxylation is 1. The van der Waals surface area contributed by atoms with Crippen molar-refractivity contribution in [1.29, 1.82) is 0 Å². The lowest BCUT2D eigenvalue weighted by Crippen LogP contribution is -2.32. The highest BCUT2D eigenvalue weighted by atomic mass is 32.1. The predicted octanol–water partition coefficient (Wildman–Crippen LogP) is 1.94. The van der Waals surface area contributed by atoms with Crippen LogP contribution in [0.3, 0.4) is 0 Å². The van der Waals surface area contributed by atoms with E-state index in [-0.39, 0.29) is 11.8 Å². The molecule has 0 spiro atoms. The first-order chi connectivity index (χ1) is 10.7. The molecule has 0 N–H and O–H groups in total. The molecule has 4 rings (SSSR count). The van der Waals surface area contributed by atoms with E-state index in [9.17, 15) is 4.79 Å². The molecule has 2 aromatic heterocycles. The second kappa shape index (κ2) is 5.35. The summed E-state index contributed by atoms with van der Waals surface area (Å²) in [5.74, 6) is 0.828. The molecule has 6 heteroatoms.